The zero-order valence-electron chi connectivity index (χ0n) is 17.0. The molecule has 28 heavy (non-hydrogen) atoms. The van der Waals surface area contributed by atoms with Crippen molar-refractivity contribution in [1.82, 2.24) is 20.4 Å². The minimum Gasteiger partial charge on any atom is -0.379 e. The fourth-order valence-corrected chi connectivity index (χ4v) is 5.19. The monoisotopic (exact) mass is 397 g/mol. The first-order chi connectivity index (χ1) is 13.6. The van der Waals surface area contributed by atoms with E-state index < -0.39 is 0 Å². The maximum absolute atomic E-state index is 12.6. The van der Waals surface area contributed by atoms with Crippen LogP contribution in [0.4, 0.5) is 0 Å². The number of rotatable bonds is 4. The molecule has 4 fully saturated rings. The molecule has 0 aromatic heterocycles. The van der Waals surface area contributed by atoms with E-state index in [0.29, 0.717) is 18.6 Å². The minimum absolute atomic E-state index is 0.0211. The van der Waals surface area contributed by atoms with Crippen LogP contribution in [0.15, 0.2) is 0 Å². The van der Waals surface area contributed by atoms with Crippen LogP contribution in [0.2, 0.25) is 0 Å². The summed E-state index contributed by atoms with van der Waals surface area (Å²) < 4.78 is 16.8. The maximum atomic E-state index is 12.6. The predicted octanol–water partition coefficient (Wildman–Crippen LogP) is -1.12. The van der Waals surface area contributed by atoms with Crippen molar-refractivity contribution < 1.29 is 19.0 Å². The molecule has 7 atom stereocenters. The normalized spacial score (nSPS) is 42.4. The predicted molar refractivity (Wildman–Crippen MR) is 103 cm³/mol. The van der Waals surface area contributed by atoms with Crippen molar-refractivity contribution >= 4 is 5.91 Å². The number of hydrogen-bond donors (Lipinski definition) is 3. The number of nitrogens with two attached hydrogens (primary N) is 1. The van der Waals surface area contributed by atoms with Gasteiger partial charge in [0, 0.05) is 59.0 Å². The van der Waals surface area contributed by atoms with Crippen molar-refractivity contribution in [3.8, 4) is 0 Å². The number of carbonyl (C=O) groups excluding carboxylic acids is 1. The summed E-state index contributed by atoms with van der Waals surface area (Å²) in [4.78, 5) is 16.9. The SMILES string of the molecule is COC1CC2NC(N3CCN(C(=O)[C@H]4CCCO4)CC3)NC(N)C2CC1OC. The lowest BCUT2D eigenvalue weighted by Gasteiger charge is -2.51. The van der Waals surface area contributed by atoms with Gasteiger partial charge in [0.25, 0.3) is 5.91 Å². The van der Waals surface area contributed by atoms with Crippen LogP contribution < -0.4 is 16.4 Å². The van der Waals surface area contributed by atoms with Gasteiger partial charge in [0.1, 0.15) is 12.4 Å². The second-order valence-electron chi connectivity index (χ2n) is 8.41. The van der Waals surface area contributed by atoms with Gasteiger partial charge in [-0.05, 0) is 25.7 Å². The number of methoxy groups -OCH3 is 2. The zero-order chi connectivity index (χ0) is 19.7. The summed E-state index contributed by atoms with van der Waals surface area (Å²) in [5.41, 5.74) is 6.49. The van der Waals surface area contributed by atoms with Crippen LogP contribution >= 0.6 is 0 Å². The van der Waals surface area contributed by atoms with Crippen LogP contribution in [0.3, 0.4) is 0 Å². The van der Waals surface area contributed by atoms with Crippen molar-refractivity contribution in [1.29, 1.82) is 0 Å². The Morgan fingerprint density at radius 1 is 1.07 bits per heavy atom. The third-order valence-corrected chi connectivity index (χ3v) is 6.91. The highest BCUT2D eigenvalue weighted by atomic mass is 16.5. The number of nitrogens with one attached hydrogen (secondary N) is 2. The summed E-state index contributed by atoms with van der Waals surface area (Å²) in [7, 11) is 3.49. The third kappa shape index (κ3) is 4.07. The molecule has 4 N–H and O–H groups in total. The van der Waals surface area contributed by atoms with E-state index in [1.54, 1.807) is 14.2 Å². The minimum atomic E-state index is -0.228. The number of carbonyl (C=O) groups is 1. The number of nitrogens with zero attached hydrogens (tertiary/aromatic N) is 2. The van der Waals surface area contributed by atoms with Crippen LogP contribution in [-0.4, -0.2) is 99.5 Å². The summed E-state index contributed by atoms with van der Waals surface area (Å²) >= 11 is 0. The highest BCUT2D eigenvalue weighted by Gasteiger charge is 2.45. The molecular formula is C19H35N5O4. The molecule has 4 rings (SSSR count). The molecule has 1 saturated carbocycles. The lowest BCUT2D eigenvalue weighted by Crippen LogP contribution is -2.74. The Hall–Kier alpha value is -0.810. The van der Waals surface area contributed by atoms with E-state index >= 15 is 0 Å². The Balaban J connectivity index is 1.32. The Kier molecular flexibility index (Phi) is 6.51. The van der Waals surface area contributed by atoms with Gasteiger partial charge in [-0.15, -0.1) is 0 Å². The van der Waals surface area contributed by atoms with Gasteiger partial charge < -0.3 is 24.8 Å². The van der Waals surface area contributed by atoms with Crippen LogP contribution in [0.25, 0.3) is 0 Å². The molecule has 3 saturated heterocycles. The quantitative estimate of drug-likeness (QED) is 0.548. The van der Waals surface area contributed by atoms with Crippen molar-refractivity contribution in [2.45, 2.75) is 62.5 Å². The molecule has 0 aromatic carbocycles. The summed E-state index contributed by atoms with van der Waals surface area (Å²) in [6.07, 6.45) is 3.50. The van der Waals surface area contributed by atoms with Gasteiger partial charge in [0.05, 0.1) is 18.4 Å². The second-order valence-corrected chi connectivity index (χ2v) is 8.41. The highest BCUT2D eigenvalue weighted by Crippen LogP contribution is 2.32. The Morgan fingerprint density at radius 3 is 2.43 bits per heavy atom. The summed E-state index contributed by atoms with van der Waals surface area (Å²) in [5, 5.41) is 7.26. The van der Waals surface area contributed by atoms with Crippen LogP contribution in [0, 0.1) is 5.92 Å². The molecule has 0 bridgehead atoms. The van der Waals surface area contributed by atoms with E-state index in [4.69, 9.17) is 19.9 Å². The molecule has 3 aliphatic heterocycles. The van der Waals surface area contributed by atoms with Gasteiger partial charge in [-0.3, -0.25) is 20.3 Å². The average Bonchev–Trinajstić information content (AvgIpc) is 3.27. The van der Waals surface area contributed by atoms with Crippen molar-refractivity contribution in [2.24, 2.45) is 11.7 Å². The van der Waals surface area contributed by atoms with Gasteiger partial charge in [-0.1, -0.05) is 0 Å². The first kappa shape index (κ1) is 20.5. The third-order valence-electron chi connectivity index (χ3n) is 6.91. The summed E-state index contributed by atoms with van der Waals surface area (Å²) in [6, 6.07) is 0.296. The van der Waals surface area contributed by atoms with E-state index in [-0.39, 0.29) is 36.7 Å². The van der Waals surface area contributed by atoms with E-state index in [1.807, 2.05) is 4.90 Å². The highest BCUT2D eigenvalue weighted by molar-refractivity contribution is 5.81. The first-order valence-corrected chi connectivity index (χ1v) is 10.6. The zero-order valence-corrected chi connectivity index (χ0v) is 17.0. The summed E-state index contributed by atoms with van der Waals surface area (Å²) in [6.45, 7) is 3.81. The fourth-order valence-electron chi connectivity index (χ4n) is 5.19. The van der Waals surface area contributed by atoms with Gasteiger partial charge in [-0.25, -0.2) is 0 Å². The number of hydrogen-bond acceptors (Lipinski definition) is 8. The molecule has 9 heteroatoms. The molecule has 4 aliphatic rings. The maximum Gasteiger partial charge on any atom is 0.251 e. The van der Waals surface area contributed by atoms with Crippen molar-refractivity contribution in [3.05, 3.63) is 0 Å². The van der Waals surface area contributed by atoms with Crippen LogP contribution in [0.5, 0.6) is 0 Å². The second kappa shape index (κ2) is 8.91. The van der Waals surface area contributed by atoms with Gasteiger partial charge in [-0.2, -0.15) is 0 Å². The lowest BCUT2D eigenvalue weighted by molar-refractivity contribution is -0.144. The molecule has 1 amide bonds. The number of piperazine rings is 1. The van der Waals surface area contributed by atoms with Crippen LogP contribution in [0.1, 0.15) is 25.7 Å². The van der Waals surface area contributed by atoms with Crippen LogP contribution in [-0.2, 0) is 19.0 Å². The molecule has 3 heterocycles. The molecule has 1 aliphatic carbocycles. The number of fused-ring (bicyclic) bond motifs is 1. The first-order valence-electron chi connectivity index (χ1n) is 10.6. The summed E-state index contributed by atoms with van der Waals surface area (Å²) in [5.74, 6) is 0.467. The lowest BCUT2D eigenvalue weighted by atomic mass is 9.78. The van der Waals surface area contributed by atoms with Crippen molar-refractivity contribution in [2.75, 3.05) is 47.0 Å². The molecular weight excluding hydrogens is 362 g/mol. The smallest absolute Gasteiger partial charge is 0.251 e. The van der Waals surface area contributed by atoms with E-state index in [0.717, 1.165) is 51.9 Å². The van der Waals surface area contributed by atoms with Gasteiger partial charge in [0.15, 0.2) is 0 Å². The molecule has 9 nitrogen and oxygen atoms in total. The van der Waals surface area contributed by atoms with E-state index in [9.17, 15) is 4.79 Å². The number of ether oxygens (including phenoxy) is 3. The van der Waals surface area contributed by atoms with E-state index in [1.165, 1.54) is 0 Å². The van der Waals surface area contributed by atoms with Crippen molar-refractivity contribution in [3.63, 3.8) is 0 Å². The largest absolute Gasteiger partial charge is 0.379 e. The standard InChI is InChI=1S/C19H35N5O4/c1-26-15-10-12-13(11-16(15)27-2)21-19(22-17(12)20)24-7-5-23(6-8-24)18(25)14-4-3-9-28-14/h12-17,19,21-22H,3-11,20H2,1-2H3/t12?,13?,14-,15?,16?,17?,19?/m1/s1. The van der Waals surface area contributed by atoms with Gasteiger partial charge in [0.2, 0.25) is 0 Å². The molecule has 0 radical (unpaired) electrons. The number of amides is 1. The Labute approximate surface area is 167 Å². The Bertz CT molecular complexity index is 538. The van der Waals surface area contributed by atoms with Gasteiger partial charge >= 0.3 is 0 Å². The fraction of sp³-hybridized carbons (Fsp3) is 0.947. The average molecular weight is 398 g/mol. The Morgan fingerprint density at radius 2 is 1.79 bits per heavy atom. The topological polar surface area (TPSA) is 101 Å². The molecule has 6 unspecified atom stereocenters. The molecule has 0 aromatic rings. The van der Waals surface area contributed by atoms with E-state index in [2.05, 4.69) is 15.5 Å². The molecule has 160 valence electrons. The molecule has 0 spiro atoms.